The molecular weight excluding hydrogens is 404 g/mol. The second-order valence-corrected chi connectivity index (χ2v) is 7.81. The van der Waals surface area contributed by atoms with E-state index in [2.05, 4.69) is 4.98 Å². The van der Waals surface area contributed by atoms with Crippen molar-refractivity contribution in [1.82, 2.24) is 9.88 Å². The highest BCUT2D eigenvalue weighted by molar-refractivity contribution is 7.22. The molecule has 0 fully saturated rings. The van der Waals surface area contributed by atoms with Crippen LogP contribution in [0.5, 0.6) is 5.75 Å². The summed E-state index contributed by atoms with van der Waals surface area (Å²) in [6.07, 6.45) is 3.11. The fourth-order valence-corrected chi connectivity index (χ4v) is 3.68. The topological polar surface area (TPSA) is 88.8 Å². The minimum Gasteiger partial charge on any atom is -0.497 e. The monoisotopic (exact) mass is 426 g/mol. The van der Waals surface area contributed by atoms with E-state index in [0.29, 0.717) is 29.5 Å². The van der Waals surface area contributed by atoms with E-state index in [4.69, 9.17) is 4.74 Å². The molecule has 1 amide bonds. The highest BCUT2D eigenvalue weighted by Gasteiger charge is 2.18. The number of fused-ring (bicyclic) bond motifs is 1. The van der Waals surface area contributed by atoms with Crippen molar-refractivity contribution in [2.45, 2.75) is 0 Å². The summed E-state index contributed by atoms with van der Waals surface area (Å²) in [6, 6.07) is 11.7. The van der Waals surface area contributed by atoms with Crippen molar-refractivity contribution in [2.24, 2.45) is 0 Å². The number of ether oxygens (including phenoxy) is 1. The number of likely N-dealkylation sites (N-methyl/N-ethyl adjacent to an activating group) is 1. The lowest BCUT2D eigenvalue weighted by molar-refractivity contribution is -0.384. The summed E-state index contributed by atoms with van der Waals surface area (Å²) in [5, 5.41) is 11.4. The molecule has 3 aromatic rings. The van der Waals surface area contributed by atoms with Crippen LogP contribution in [0.3, 0.4) is 0 Å². The van der Waals surface area contributed by atoms with Gasteiger partial charge in [-0.15, -0.1) is 0 Å². The molecule has 0 atom stereocenters. The smallest absolute Gasteiger partial charge is 0.269 e. The molecule has 0 aliphatic rings. The van der Waals surface area contributed by atoms with Crippen LogP contribution in [0.1, 0.15) is 5.56 Å². The summed E-state index contributed by atoms with van der Waals surface area (Å²) < 4.78 is 6.22. The molecule has 0 unspecified atom stereocenters. The molecule has 0 saturated heterocycles. The largest absolute Gasteiger partial charge is 0.497 e. The van der Waals surface area contributed by atoms with Gasteiger partial charge in [0.05, 0.1) is 22.2 Å². The summed E-state index contributed by atoms with van der Waals surface area (Å²) in [5.41, 5.74) is 1.49. The number of rotatable bonds is 8. The second kappa shape index (κ2) is 9.47. The molecule has 8 nitrogen and oxygen atoms in total. The van der Waals surface area contributed by atoms with Crippen LogP contribution in [0.25, 0.3) is 16.3 Å². The van der Waals surface area contributed by atoms with Gasteiger partial charge in [-0.1, -0.05) is 11.3 Å². The van der Waals surface area contributed by atoms with Crippen LogP contribution >= 0.6 is 11.3 Å². The maximum atomic E-state index is 13.0. The Bertz CT molecular complexity index is 1080. The summed E-state index contributed by atoms with van der Waals surface area (Å²) >= 11 is 1.44. The molecule has 0 N–H and O–H groups in total. The van der Waals surface area contributed by atoms with Gasteiger partial charge in [0.25, 0.3) is 11.6 Å². The molecule has 30 heavy (non-hydrogen) atoms. The van der Waals surface area contributed by atoms with E-state index in [-0.39, 0.29) is 11.6 Å². The standard InChI is InChI=1S/C21H22N4O4S/c1-23(2)12-13-24(21-22-18-14-17(29-3)9-10-19(18)30-21)20(26)11-6-15-4-7-16(8-5-15)25(27)28/h4-11,14H,12-13H2,1-3H3/b11-6-. The normalized spacial score (nSPS) is 11.3. The number of hydrogen-bond donors (Lipinski definition) is 0. The Morgan fingerprint density at radius 3 is 2.57 bits per heavy atom. The number of hydrogen-bond acceptors (Lipinski definition) is 7. The van der Waals surface area contributed by atoms with Crippen molar-refractivity contribution in [2.75, 3.05) is 39.2 Å². The number of carbonyl (C=O) groups is 1. The number of thiazole rings is 1. The molecule has 9 heteroatoms. The fraction of sp³-hybridized carbons (Fsp3) is 0.238. The van der Waals surface area contributed by atoms with Crippen molar-refractivity contribution >= 4 is 44.4 Å². The Kier molecular flexibility index (Phi) is 6.76. The quantitative estimate of drug-likeness (QED) is 0.309. The van der Waals surface area contributed by atoms with Gasteiger partial charge in [0.1, 0.15) is 5.75 Å². The van der Waals surface area contributed by atoms with Gasteiger partial charge >= 0.3 is 0 Å². The first-order valence-corrected chi connectivity index (χ1v) is 10.0. The molecule has 0 saturated carbocycles. The number of amides is 1. The van der Waals surface area contributed by atoms with Gasteiger partial charge in [-0.3, -0.25) is 19.8 Å². The van der Waals surface area contributed by atoms with Crippen molar-refractivity contribution < 1.29 is 14.5 Å². The van der Waals surface area contributed by atoms with E-state index in [1.807, 2.05) is 37.2 Å². The van der Waals surface area contributed by atoms with Crippen LogP contribution in [0.15, 0.2) is 48.5 Å². The molecule has 1 heterocycles. The average molecular weight is 426 g/mol. The number of non-ortho nitro benzene ring substituents is 1. The van der Waals surface area contributed by atoms with Crippen LogP contribution in [0.2, 0.25) is 0 Å². The zero-order chi connectivity index (χ0) is 21.7. The lowest BCUT2D eigenvalue weighted by Gasteiger charge is -2.20. The van der Waals surface area contributed by atoms with Crippen LogP contribution in [0.4, 0.5) is 10.8 Å². The molecule has 3 rings (SSSR count). The first-order chi connectivity index (χ1) is 14.4. The lowest BCUT2D eigenvalue weighted by Crippen LogP contribution is -2.35. The van der Waals surface area contributed by atoms with Gasteiger partial charge < -0.3 is 9.64 Å². The molecule has 0 radical (unpaired) electrons. The Hall–Kier alpha value is -3.30. The molecule has 0 aliphatic carbocycles. The number of benzene rings is 2. The Morgan fingerprint density at radius 1 is 1.20 bits per heavy atom. The van der Waals surface area contributed by atoms with E-state index in [0.717, 1.165) is 10.2 Å². The molecule has 0 bridgehead atoms. The number of nitro benzene ring substituents is 1. The molecule has 2 aromatic carbocycles. The predicted molar refractivity (Wildman–Crippen MR) is 119 cm³/mol. The summed E-state index contributed by atoms with van der Waals surface area (Å²) in [4.78, 5) is 31.5. The number of carbonyl (C=O) groups excluding carboxylic acids is 1. The van der Waals surface area contributed by atoms with Gasteiger partial charge in [-0.05, 0) is 50.0 Å². The van der Waals surface area contributed by atoms with Gasteiger partial charge in [0.15, 0.2) is 5.13 Å². The number of methoxy groups -OCH3 is 1. The number of aromatic nitrogens is 1. The first kappa shape index (κ1) is 21.4. The minimum absolute atomic E-state index is 0.0102. The first-order valence-electron chi connectivity index (χ1n) is 9.20. The van der Waals surface area contributed by atoms with E-state index >= 15 is 0 Å². The molecule has 0 aliphatic heterocycles. The van der Waals surface area contributed by atoms with Crippen LogP contribution in [0, 0.1) is 10.1 Å². The fourth-order valence-electron chi connectivity index (χ4n) is 2.70. The van der Waals surface area contributed by atoms with Gasteiger partial charge in [0.2, 0.25) is 0 Å². The molecule has 0 spiro atoms. The van der Waals surface area contributed by atoms with Gasteiger partial charge in [-0.25, -0.2) is 4.98 Å². The Morgan fingerprint density at radius 2 is 1.93 bits per heavy atom. The zero-order valence-electron chi connectivity index (χ0n) is 16.9. The van der Waals surface area contributed by atoms with Crippen molar-refractivity contribution in [3.63, 3.8) is 0 Å². The third-order valence-electron chi connectivity index (χ3n) is 4.37. The van der Waals surface area contributed by atoms with E-state index in [1.54, 1.807) is 30.2 Å². The molecular formula is C21H22N4O4S. The van der Waals surface area contributed by atoms with Crippen molar-refractivity contribution in [3.8, 4) is 5.75 Å². The van der Waals surface area contributed by atoms with Crippen LogP contribution in [-0.4, -0.2) is 55.0 Å². The SMILES string of the molecule is COc1ccc2sc(N(CCN(C)C)C(=O)/C=C\c3ccc([N+](=O)[O-])cc3)nc2c1. The Labute approximate surface area is 178 Å². The maximum absolute atomic E-state index is 13.0. The van der Waals surface area contributed by atoms with Crippen LogP contribution < -0.4 is 9.64 Å². The summed E-state index contributed by atoms with van der Waals surface area (Å²) in [6.45, 7) is 1.16. The van der Waals surface area contributed by atoms with Crippen LogP contribution in [-0.2, 0) is 4.79 Å². The number of nitrogens with zero attached hydrogens (tertiary/aromatic N) is 4. The van der Waals surface area contributed by atoms with Crippen molar-refractivity contribution in [3.05, 3.63) is 64.2 Å². The predicted octanol–water partition coefficient (Wildman–Crippen LogP) is 3.82. The maximum Gasteiger partial charge on any atom is 0.269 e. The molecule has 1 aromatic heterocycles. The molecule has 156 valence electrons. The Balaban J connectivity index is 1.85. The summed E-state index contributed by atoms with van der Waals surface area (Å²) in [5.74, 6) is 0.504. The van der Waals surface area contributed by atoms with E-state index in [9.17, 15) is 14.9 Å². The third-order valence-corrected chi connectivity index (χ3v) is 5.43. The van der Waals surface area contributed by atoms with Crippen molar-refractivity contribution in [1.29, 1.82) is 0 Å². The van der Waals surface area contributed by atoms with E-state index in [1.165, 1.54) is 29.5 Å². The highest BCUT2D eigenvalue weighted by Crippen LogP contribution is 2.31. The highest BCUT2D eigenvalue weighted by atomic mass is 32.1. The van der Waals surface area contributed by atoms with Gasteiger partial charge in [0, 0.05) is 37.4 Å². The van der Waals surface area contributed by atoms with Gasteiger partial charge in [-0.2, -0.15) is 0 Å². The van der Waals surface area contributed by atoms with E-state index < -0.39 is 4.92 Å². The lowest BCUT2D eigenvalue weighted by atomic mass is 10.2. The number of nitro groups is 1. The second-order valence-electron chi connectivity index (χ2n) is 6.81. The summed E-state index contributed by atoms with van der Waals surface area (Å²) in [7, 11) is 5.49. The minimum atomic E-state index is -0.455. The average Bonchev–Trinajstić information content (AvgIpc) is 3.15. The number of anilines is 1. The third kappa shape index (κ3) is 5.19. The zero-order valence-corrected chi connectivity index (χ0v) is 17.8.